The van der Waals surface area contributed by atoms with Gasteiger partial charge in [0.05, 0.1) is 17.8 Å². The minimum Gasteiger partial charge on any atom is -0.387 e. The Morgan fingerprint density at radius 3 is 2.73 bits per heavy atom. The van der Waals surface area contributed by atoms with Crippen LogP contribution in [0.5, 0.6) is 0 Å². The molecular weight excluding hydrogens is 321 g/mol. The molecule has 3 aromatic rings. The average Bonchev–Trinajstić information content (AvgIpc) is 2.95. The molecule has 22 heavy (non-hydrogen) atoms. The molecule has 1 unspecified atom stereocenters. The van der Waals surface area contributed by atoms with Crippen molar-refractivity contribution in [1.82, 2.24) is 15.5 Å². The smallest absolute Gasteiger partial charge is 0.0915 e. The molecule has 0 bridgehead atoms. The summed E-state index contributed by atoms with van der Waals surface area (Å²) in [5.41, 5.74) is 2.81. The predicted molar refractivity (Wildman–Crippen MR) is 89.2 cm³/mol. The number of nitrogens with zero attached hydrogens (tertiary/aromatic N) is 1. The number of aromatic amines is 1. The first-order valence-corrected chi connectivity index (χ1v) is 7.65. The van der Waals surface area contributed by atoms with Crippen molar-refractivity contribution in [3.63, 3.8) is 0 Å². The van der Waals surface area contributed by atoms with Gasteiger partial charge >= 0.3 is 0 Å². The standard InChI is InChI=1S/C16H15Cl2N3O/c17-13-4-12(5-14(18)6-13)15(22)9-19-7-10-2-1-3-11-8-20-21-16(10)11/h1-6,8,15,19,22H,7,9H2,(H,20,21). The first-order chi connectivity index (χ1) is 10.6. The Hall–Kier alpha value is -1.59. The van der Waals surface area contributed by atoms with Gasteiger partial charge in [-0.15, -0.1) is 0 Å². The fourth-order valence-corrected chi connectivity index (χ4v) is 2.95. The third-order valence-electron chi connectivity index (χ3n) is 3.49. The lowest BCUT2D eigenvalue weighted by molar-refractivity contribution is 0.174. The summed E-state index contributed by atoms with van der Waals surface area (Å²) >= 11 is 11.9. The molecule has 0 aliphatic heterocycles. The second-order valence-electron chi connectivity index (χ2n) is 5.10. The van der Waals surface area contributed by atoms with Crippen LogP contribution in [0.3, 0.4) is 0 Å². The number of hydrogen-bond donors (Lipinski definition) is 3. The van der Waals surface area contributed by atoms with E-state index >= 15 is 0 Å². The molecule has 0 spiro atoms. The van der Waals surface area contributed by atoms with Crippen LogP contribution < -0.4 is 5.32 Å². The van der Waals surface area contributed by atoms with E-state index in [0.29, 0.717) is 28.7 Å². The van der Waals surface area contributed by atoms with Gasteiger partial charge in [-0.05, 0) is 29.3 Å². The van der Waals surface area contributed by atoms with Crippen molar-refractivity contribution in [3.05, 3.63) is 63.8 Å². The zero-order valence-electron chi connectivity index (χ0n) is 11.7. The Labute approximate surface area is 138 Å². The van der Waals surface area contributed by atoms with Gasteiger partial charge in [-0.1, -0.05) is 41.4 Å². The number of aliphatic hydroxyl groups excluding tert-OH is 1. The highest BCUT2D eigenvalue weighted by Crippen LogP contribution is 2.23. The molecule has 1 aromatic heterocycles. The molecule has 0 aliphatic carbocycles. The van der Waals surface area contributed by atoms with Gasteiger partial charge in [0.2, 0.25) is 0 Å². The summed E-state index contributed by atoms with van der Waals surface area (Å²) in [4.78, 5) is 0. The molecule has 0 fully saturated rings. The summed E-state index contributed by atoms with van der Waals surface area (Å²) in [5, 5.41) is 22.6. The largest absolute Gasteiger partial charge is 0.387 e. The van der Waals surface area contributed by atoms with Gasteiger partial charge in [0.25, 0.3) is 0 Å². The lowest BCUT2D eigenvalue weighted by atomic mass is 10.1. The van der Waals surface area contributed by atoms with Crippen LogP contribution in [0.1, 0.15) is 17.2 Å². The van der Waals surface area contributed by atoms with E-state index in [1.165, 1.54) is 0 Å². The Balaban J connectivity index is 1.64. The molecule has 2 aromatic carbocycles. The molecule has 3 rings (SSSR count). The summed E-state index contributed by atoms with van der Waals surface area (Å²) in [6.07, 6.45) is 1.12. The molecule has 0 saturated heterocycles. The van der Waals surface area contributed by atoms with Gasteiger partial charge in [-0.3, -0.25) is 5.10 Å². The van der Waals surface area contributed by atoms with Crippen LogP contribution in [0.4, 0.5) is 0 Å². The first kappa shape index (κ1) is 15.3. The highest BCUT2D eigenvalue weighted by Gasteiger charge is 2.10. The van der Waals surface area contributed by atoms with E-state index in [1.807, 2.05) is 18.2 Å². The summed E-state index contributed by atoms with van der Waals surface area (Å²) in [7, 11) is 0. The van der Waals surface area contributed by atoms with Gasteiger partial charge in [0.15, 0.2) is 0 Å². The normalized spacial score (nSPS) is 12.7. The van der Waals surface area contributed by atoms with Crippen LogP contribution in [0, 0.1) is 0 Å². The van der Waals surface area contributed by atoms with Crippen molar-refractivity contribution in [3.8, 4) is 0 Å². The quantitative estimate of drug-likeness (QED) is 0.666. The van der Waals surface area contributed by atoms with E-state index in [4.69, 9.17) is 23.2 Å². The molecule has 0 saturated carbocycles. The monoisotopic (exact) mass is 335 g/mol. The van der Waals surface area contributed by atoms with Crippen LogP contribution in [0.2, 0.25) is 10.0 Å². The Morgan fingerprint density at radius 2 is 1.95 bits per heavy atom. The second kappa shape index (κ2) is 6.67. The number of aromatic nitrogens is 2. The lowest BCUT2D eigenvalue weighted by Crippen LogP contribution is -2.21. The number of para-hydroxylation sites is 1. The molecule has 1 atom stereocenters. The highest BCUT2D eigenvalue weighted by molar-refractivity contribution is 6.34. The predicted octanol–water partition coefficient (Wildman–Crippen LogP) is 3.69. The van der Waals surface area contributed by atoms with Crippen molar-refractivity contribution in [2.45, 2.75) is 12.6 Å². The summed E-state index contributed by atoms with van der Waals surface area (Å²) in [5.74, 6) is 0. The van der Waals surface area contributed by atoms with Gasteiger partial charge in [0, 0.05) is 28.5 Å². The maximum Gasteiger partial charge on any atom is 0.0915 e. The van der Waals surface area contributed by atoms with Crippen LogP contribution in [0.25, 0.3) is 10.9 Å². The third-order valence-corrected chi connectivity index (χ3v) is 3.92. The number of fused-ring (bicyclic) bond motifs is 1. The van der Waals surface area contributed by atoms with E-state index in [9.17, 15) is 5.11 Å². The van der Waals surface area contributed by atoms with Crippen molar-refractivity contribution in [2.24, 2.45) is 0 Å². The third kappa shape index (κ3) is 3.42. The van der Waals surface area contributed by atoms with Gasteiger partial charge in [-0.25, -0.2) is 0 Å². The maximum atomic E-state index is 10.2. The van der Waals surface area contributed by atoms with Crippen molar-refractivity contribution < 1.29 is 5.11 Å². The molecule has 114 valence electrons. The number of halogens is 2. The summed E-state index contributed by atoms with van der Waals surface area (Å²) in [6, 6.07) is 11.1. The van der Waals surface area contributed by atoms with Crippen molar-refractivity contribution in [2.75, 3.05) is 6.54 Å². The van der Waals surface area contributed by atoms with Gasteiger partial charge in [-0.2, -0.15) is 5.10 Å². The Kier molecular flexibility index (Phi) is 4.64. The van der Waals surface area contributed by atoms with E-state index in [1.54, 1.807) is 24.4 Å². The van der Waals surface area contributed by atoms with Crippen LogP contribution >= 0.6 is 23.2 Å². The minimum absolute atomic E-state index is 0.404. The molecule has 3 N–H and O–H groups in total. The summed E-state index contributed by atoms with van der Waals surface area (Å²) < 4.78 is 0. The summed E-state index contributed by atoms with van der Waals surface area (Å²) in [6.45, 7) is 1.03. The van der Waals surface area contributed by atoms with Gasteiger partial charge in [0.1, 0.15) is 0 Å². The number of H-pyrrole nitrogens is 1. The zero-order valence-corrected chi connectivity index (χ0v) is 13.2. The fourth-order valence-electron chi connectivity index (χ4n) is 2.41. The minimum atomic E-state index is -0.669. The van der Waals surface area contributed by atoms with Crippen LogP contribution in [-0.2, 0) is 6.54 Å². The molecule has 0 amide bonds. The second-order valence-corrected chi connectivity index (χ2v) is 5.97. The Bertz CT molecular complexity index is 768. The number of benzene rings is 2. The Morgan fingerprint density at radius 1 is 1.18 bits per heavy atom. The van der Waals surface area contributed by atoms with E-state index < -0.39 is 6.10 Å². The number of hydrogen-bond acceptors (Lipinski definition) is 3. The number of aliphatic hydroxyl groups is 1. The topological polar surface area (TPSA) is 60.9 Å². The van der Waals surface area contributed by atoms with E-state index in [2.05, 4.69) is 15.5 Å². The van der Waals surface area contributed by atoms with Crippen LogP contribution in [-0.4, -0.2) is 21.8 Å². The average molecular weight is 336 g/mol. The SMILES string of the molecule is OC(CNCc1cccc2cn[nH]c12)c1cc(Cl)cc(Cl)c1. The molecule has 0 aliphatic rings. The maximum absolute atomic E-state index is 10.2. The fraction of sp³-hybridized carbons (Fsp3) is 0.188. The highest BCUT2D eigenvalue weighted by atomic mass is 35.5. The van der Waals surface area contributed by atoms with Gasteiger partial charge < -0.3 is 10.4 Å². The first-order valence-electron chi connectivity index (χ1n) is 6.89. The van der Waals surface area contributed by atoms with E-state index in [-0.39, 0.29) is 0 Å². The lowest BCUT2D eigenvalue weighted by Gasteiger charge is -2.13. The number of nitrogens with one attached hydrogen (secondary N) is 2. The number of rotatable bonds is 5. The molecule has 6 heteroatoms. The van der Waals surface area contributed by atoms with E-state index in [0.717, 1.165) is 16.5 Å². The zero-order chi connectivity index (χ0) is 15.5. The van der Waals surface area contributed by atoms with Crippen molar-refractivity contribution >= 4 is 34.1 Å². The molecular formula is C16H15Cl2N3O. The van der Waals surface area contributed by atoms with Crippen LogP contribution in [0.15, 0.2) is 42.6 Å². The molecule has 4 nitrogen and oxygen atoms in total. The molecule has 1 heterocycles. The van der Waals surface area contributed by atoms with Crippen molar-refractivity contribution in [1.29, 1.82) is 0 Å². The molecule has 0 radical (unpaired) electrons.